The van der Waals surface area contributed by atoms with Crippen LogP contribution in [0.3, 0.4) is 0 Å². The Morgan fingerprint density at radius 3 is 2.78 bits per heavy atom. The molecule has 2 heterocycles. The molecule has 94 valence electrons. The van der Waals surface area contributed by atoms with Crippen molar-refractivity contribution in [3.8, 4) is 0 Å². The third-order valence-electron chi connectivity index (χ3n) is 3.70. The first-order valence-corrected chi connectivity index (χ1v) is 6.38. The Balaban J connectivity index is 2.13. The number of nitrogens with zero attached hydrogens (tertiary/aromatic N) is 1. The van der Waals surface area contributed by atoms with Crippen molar-refractivity contribution in [2.45, 2.75) is 12.3 Å². The van der Waals surface area contributed by atoms with Crippen molar-refractivity contribution in [3.05, 3.63) is 40.5 Å². The van der Waals surface area contributed by atoms with Crippen LogP contribution >= 0.6 is 11.6 Å². The normalized spacial score (nSPS) is 17.7. The van der Waals surface area contributed by atoms with Gasteiger partial charge in [0.2, 0.25) is 0 Å². The van der Waals surface area contributed by atoms with E-state index in [1.165, 1.54) is 5.56 Å². The summed E-state index contributed by atoms with van der Waals surface area (Å²) in [5.74, 6) is 0. The Hall–Kier alpha value is -1.16. The molecule has 18 heavy (non-hydrogen) atoms. The average Bonchev–Trinajstić information content (AvgIpc) is 2.30. The Morgan fingerprint density at radius 1 is 1.39 bits per heavy atom. The van der Waals surface area contributed by atoms with Gasteiger partial charge in [-0.25, -0.2) is 4.98 Å². The standard InChI is InChI=1S/C14H15ClN2O/c1-9-4-10-5-11(14(6-16)7-18-8-14)2-3-12(10)17-13(9)15/h2-5H,6-8,16H2,1H3. The second-order valence-corrected chi connectivity index (χ2v) is 5.34. The molecule has 0 aliphatic carbocycles. The maximum Gasteiger partial charge on any atom is 0.132 e. The largest absolute Gasteiger partial charge is 0.379 e. The first-order chi connectivity index (χ1) is 8.64. The van der Waals surface area contributed by atoms with E-state index in [0.29, 0.717) is 24.9 Å². The number of benzene rings is 1. The van der Waals surface area contributed by atoms with E-state index in [2.05, 4.69) is 23.2 Å². The van der Waals surface area contributed by atoms with Crippen molar-refractivity contribution in [1.82, 2.24) is 4.98 Å². The van der Waals surface area contributed by atoms with Crippen LogP contribution in [0.25, 0.3) is 10.9 Å². The molecule has 0 atom stereocenters. The van der Waals surface area contributed by atoms with Gasteiger partial charge >= 0.3 is 0 Å². The number of hydrogen-bond donors (Lipinski definition) is 1. The van der Waals surface area contributed by atoms with Gasteiger partial charge in [-0.1, -0.05) is 17.7 Å². The van der Waals surface area contributed by atoms with Crippen LogP contribution in [0.5, 0.6) is 0 Å². The molecule has 1 fully saturated rings. The molecular weight excluding hydrogens is 248 g/mol. The van der Waals surface area contributed by atoms with Crippen LogP contribution in [0.15, 0.2) is 24.3 Å². The summed E-state index contributed by atoms with van der Waals surface area (Å²) in [6, 6.07) is 8.31. The summed E-state index contributed by atoms with van der Waals surface area (Å²) < 4.78 is 5.32. The predicted octanol–water partition coefficient (Wildman–Crippen LogP) is 2.42. The average molecular weight is 263 g/mol. The summed E-state index contributed by atoms with van der Waals surface area (Å²) in [5, 5.41) is 1.67. The van der Waals surface area contributed by atoms with Crippen LogP contribution in [0.4, 0.5) is 0 Å². The SMILES string of the molecule is Cc1cc2cc(C3(CN)COC3)ccc2nc1Cl. The minimum absolute atomic E-state index is 0.0122. The molecule has 0 saturated carbocycles. The zero-order chi connectivity index (χ0) is 12.8. The summed E-state index contributed by atoms with van der Waals surface area (Å²) in [6.45, 7) is 3.98. The Morgan fingerprint density at radius 2 is 2.17 bits per heavy atom. The molecule has 0 amide bonds. The van der Waals surface area contributed by atoms with E-state index in [1.54, 1.807) is 0 Å². The van der Waals surface area contributed by atoms with Crippen LogP contribution in [-0.4, -0.2) is 24.7 Å². The highest BCUT2D eigenvalue weighted by atomic mass is 35.5. The predicted molar refractivity (Wildman–Crippen MR) is 73.0 cm³/mol. The molecule has 1 aromatic carbocycles. The number of hydrogen-bond acceptors (Lipinski definition) is 3. The van der Waals surface area contributed by atoms with Crippen LogP contribution in [0.1, 0.15) is 11.1 Å². The third-order valence-corrected chi connectivity index (χ3v) is 4.09. The molecule has 0 spiro atoms. The van der Waals surface area contributed by atoms with Crippen molar-refractivity contribution >= 4 is 22.5 Å². The zero-order valence-corrected chi connectivity index (χ0v) is 11.0. The lowest BCUT2D eigenvalue weighted by Gasteiger charge is -2.41. The minimum atomic E-state index is -0.0122. The first-order valence-electron chi connectivity index (χ1n) is 6.00. The number of aryl methyl sites for hydroxylation is 1. The van der Waals surface area contributed by atoms with Crippen LogP contribution in [-0.2, 0) is 10.2 Å². The fraction of sp³-hybridized carbons (Fsp3) is 0.357. The highest BCUT2D eigenvalue weighted by Gasteiger charge is 2.39. The number of pyridine rings is 1. The van der Waals surface area contributed by atoms with Crippen molar-refractivity contribution in [2.24, 2.45) is 5.73 Å². The number of nitrogens with two attached hydrogens (primary N) is 1. The molecule has 3 rings (SSSR count). The molecule has 1 aliphatic rings. The molecule has 0 radical (unpaired) electrons. The smallest absolute Gasteiger partial charge is 0.132 e. The van der Waals surface area contributed by atoms with Crippen LogP contribution < -0.4 is 5.73 Å². The zero-order valence-electron chi connectivity index (χ0n) is 10.2. The maximum atomic E-state index is 6.03. The highest BCUT2D eigenvalue weighted by molar-refractivity contribution is 6.30. The van der Waals surface area contributed by atoms with Gasteiger partial charge in [0.1, 0.15) is 5.15 Å². The van der Waals surface area contributed by atoms with E-state index in [-0.39, 0.29) is 5.41 Å². The van der Waals surface area contributed by atoms with E-state index < -0.39 is 0 Å². The number of ether oxygens (including phenoxy) is 1. The van der Waals surface area contributed by atoms with Gasteiger partial charge in [0, 0.05) is 11.9 Å². The molecule has 3 nitrogen and oxygen atoms in total. The number of halogens is 1. The van der Waals surface area contributed by atoms with Gasteiger partial charge in [0.25, 0.3) is 0 Å². The summed E-state index contributed by atoms with van der Waals surface area (Å²) in [7, 11) is 0. The minimum Gasteiger partial charge on any atom is -0.379 e. The second kappa shape index (κ2) is 4.19. The monoisotopic (exact) mass is 262 g/mol. The van der Waals surface area contributed by atoms with Crippen molar-refractivity contribution < 1.29 is 4.74 Å². The maximum absolute atomic E-state index is 6.03. The number of rotatable bonds is 2. The van der Waals surface area contributed by atoms with Crippen LogP contribution in [0, 0.1) is 6.92 Å². The molecule has 0 unspecified atom stereocenters. The van der Waals surface area contributed by atoms with Crippen molar-refractivity contribution in [2.75, 3.05) is 19.8 Å². The summed E-state index contributed by atoms with van der Waals surface area (Å²) in [6.07, 6.45) is 0. The number of aromatic nitrogens is 1. The fourth-order valence-electron chi connectivity index (χ4n) is 2.34. The van der Waals surface area contributed by atoms with E-state index in [4.69, 9.17) is 22.1 Å². The lowest BCUT2D eigenvalue weighted by Crippen LogP contribution is -2.52. The topological polar surface area (TPSA) is 48.1 Å². The van der Waals surface area contributed by atoms with Crippen molar-refractivity contribution in [1.29, 1.82) is 0 Å². The summed E-state index contributed by atoms with van der Waals surface area (Å²) >= 11 is 6.03. The van der Waals surface area contributed by atoms with Gasteiger partial charge in [-0.05, 0) is 36.2 Å². The van der Waals surface area contributed by atoms with Gasteiger partial charge in [-0.15, -0.1) is 0 Å². The molecule has 1 saturated heterocycles. The Bertz CT molecular complexity index is 603. The first kappa shape index (κ1) is 11.9. The third kappa shape index (κ3) is 1.70. The quantitative estimate of drug-likeness (QED) is 0.846. The Labute approximate surface area is 111 Å². The van der Waals surface area contributed by atoms with E-state index in [0.717, 1.165) is 16.5 Å². The molecule has 2 N–H and O–H groups in total. The van der Waals surface area contributed by atoms with E-state index in [9.17, 15) is 0 Å². The van der Waals surface area contributed by atoms with Gasteiger partial charge in [0.15, 0.2) is 0 Å². The molecular formula is C14H15ClN2O. The van der Waals surface area contributed by atoms with Crippen LogP contribution in [0.2, 0.25) is 5.15 Å². The van der Waals surface area contributed by atoms with Gasteiger partial charge in [0.05, 0.1) is 24.1 Å². The molecule has 1 aromatic heterocycles. The molecule has 1 aliphatic heterocycles. The van der Waals surface area contributed by atoms with Gasteiger partial charge in [-0.3, -0.25) is 0 Å². The summed E-state index contributed by atoms with van der Waals surface area (Å²) in [5.41, 5.74) is 9.01. The van der Waals surface area contributed by atoms with Gasteiger partial charge in [-0.2, -0.15) is 0 Å². The van der Waals surface area contributed by atoms with E-state index in [1.807, 2.05) is 13.0 Å². The second-order valence-electron chi connectivity index (χ2n) is 4.98. The summed E-state index contributed by atoms with van der Waals surface area (Å²) in [4.78, 5) is 4.37. The molecule has 4 heteroatoms. The highest BCUT2D eigenvalue weighted by Crippen LogP contribution is 2.33. The lowest BCUT2D eigenvalue weighted by molar-refractivity contribution is -0.0549. The molecule has 2 aromatic rings. The Kier molecular flexibility index (Phi) is 2.77. The van der Waals surface area contributed by atoms with Crippen molar-refractivity contribution in [3.63, 3.8) is 0 Å². The van der Waals surface area contributed by atoms with Gasteiger partial charge < -0.3 is 10.5 Å². The van der Waals surface area contributed by atoms with E-state index >= 15 is 0 Å². The number of fused-ring (bicyclic) bond motifs is 1. The lowest BCUT2D eigenvalue weighted by atomic mass is 9.78. The fourth-order valence-corrected chi connectivity index (χ4v) is 2.48. The molecule has 0 bridgehead atoms.